The number of carbonyl (C=O) groups is 1. The molecule has 0 unspecified atom stereocenters. The van der Waals surface area contributed by atoms with Crippen LogP contribution in [0.5, 0.6) is 5.75 Å². The number of rotatable bonds is 3. The van der Waals surface area contributed by atoms with E-state index >= 15 is 0 Å². The molecule has 0 saturated carbocycles. The molecule has 1 aliphatic heterocycles. The minimum atomic E-state index is -0.500. The molecule has 1 aromatic rings. The number of nitrogens with zero attached hydrogens (tertiary/aromatic N) is 1. The van der Waals surface area contributed by atoms with Crippen LogP contribution in [0.2, 0.25) is 0 Å². The summed E-state index contributed by atoms with van der Waals surface area (Å²) in [7, 11) is 0. The topological polar surface area (TPSA) is 64.8 Å². The third kappa shape index (κ3) is 4.00. The van der Waals surface area contributed by atoms with Crippen molar-refractivity contribution >= 4 is 11.8 Å². The van der Waals surface area contributed by atoms with Gasteiger partial charge in [0, 0.05) is 19.0 Å². The van der Waals surface area contributed by atoms with Gasteiger partial charge in [0.25, 0.3) is 0 Å². The highest BCUT2D eigenvalue weighted by Crippen LogP contribution is 2.27. The Bertz CT molecular complexity index is 502. The van der Waals surface area contributed by atoms with Crippen molar-refractivity contribution in [3.63, 3.8) is 0 Å². The van der Waals surface area contributed by atoms with Gasteiger partial charge in [0.05, 0.1) is 12.3 Å². The molecule has 1 amide bonds. The maximum absolute atomic E-state index is 13.5. The highest BCUT2D eigenvalue weighted by molar-refractivity contribution is 5.69. The lowest BCUT2D eigenvalue weighted by Gasteiger charge is -2.39. The van der Waals surface area contributed by atoms with E-state index in [-0.39, 0.29) is 23.4 Å². The number of nitrogen functional groups attached to an aromatic ring is 1. The standard InChI is InChI=1S/C15H21FN2O3/c1-15(2,3)21-14(19)18-7-10(8-18)9-20-13-11(16)5-4-6-12(13)17/h4-6,10H,7-9,17H2,1-3H3. The van der Waals surface area contributed by atoms with Gasteiger partial charge in [0.2, 0.25) is 0 Å². The number of hydrogen-bond acceptors (Lipinski definition) is 4. The van der Waals surface area contributed by atoms with E-state index < -0.39 is 11.4 Å². The van der Waals surface area contributed by atoms with Crippen molar-refractivity contribution in [1.82, 2.24) is 4.90 Å². The first-order chi connectivity index (χ1) is 9.76. The van der Waals surface area contributed by atoms with Crippen LogP contribution in [0, 0.1) is 11.7 Å². The van der Waals surface area contributed by atoms with Crippen molar-refractivity contribution in [3.8, 4) is 5.75 Å². The second-order valence-electron chi connectivity index (χ2n) is 6.22. The van der Waals surface area contributed by atoms with Crippen molar-refractivity contribution in [2.45, 2.75) is 26.4 Å². The molecule has 0 radical (unpaired) electrons. The molecule has 6 heteroatoms. The van der Waals surface area contributed by atoms with Gasteiger partial charge in [0.1, 0.15) is 5.60 Å². The van der Waals surface area contributed by atoms with Crippen LogP contribution in [0.4, 0.5) is 14.9 Å². The van der Waals surface area contributed by atoms with Gasteiger partial charge >= 0.3 is 6.09 Å². The van der Waals surface area contributed by atoms with Crippen LogP contribution in [0.3, 0.4) is 0 Å². The second kappa shape index (κ2) is 5.79. The SMILES string of the molecule is CC(C)(C)OC(=O)N1CC(COc2c(N)cccc2F)C1. The lowest BCUT2D eigenvalue weighted by Crippen LogP contribution is -2.53. The fraction of sp³-hybridized carbons (Fsp3) is 0.533. The van der Waals surface area contributed by atoms with E-state index in [1.54, 1.807) is 11.0 Å². The molecule has 5 nitrogen and oxygen atoms in total. The van der Waals surface area contributed by atoms with Crippen molar-refractivity contribution in [3.05, 3.63) is 24.0 Å². The lowest BCUT2D eigenvalue weighted by molar-refractivity contribution is -0.00800. The predicted octanol–water partition coefficient (Wildman–Crippen LogP) is 2.65. The number of anilines is 1. The van der Waals surface area contributed by atoms with Crippen LogP contribution in [-0.4, -0.2) is 36.3 Å². The molecular formula is C15H21FN2O3. The highest BCUT2D eigenvalue weighted by atomic mass is 19.1. The Hall–Kier alpha value is -1.98. The zero-order valence-corrected chi connectivity index (χ0v) is 12.6. The average Bonchev–Trinajstić information content (AvgIpc) is 2.27. The van der Waals surface area contributed by atoms with Crippen molar-refractivity contribution in [2.24, 2.45) is 5.92 Å². The Labute approximate surface area is 123 Å². The first-order valence-electron chi connectivity index (χ1n) is 6.91. The summed E-state index contributed by atoms with van der Waals surface area (Å²) in [6.45, 7) is 6.89. The van der Waals surface area contributed by atoms with E-state index in [1.807, 2.05) is 20.8 Å². The Balaban J connectivity index is 1.77. The van der Waals surface area contributed by atoms with E-state index in [9.17, 15) is 9.18 Å². The predicted molar refractivity (Wildman–Crippen MR) is 77.6 cm³/mol. The van der Waals surface area contributed by atoms with Crippen LogP contribution in [0.15, 0.2) is 18.2 Å². The fourth-order valence-electron chi connectivity index (χ4n) is 2.03. The van der Waals surface area contributed by atoms with Gasteiger partial charge in [0.15, 0.2) is 11.6 Å². The van der Waals surface area contributed by atoms with Gasteiger partial charge < -0.3 is 20.1 Å². The number of likely N-dealkylation sites (tertiary alicyclic amines) is 1. The highest BCUT2D eigenvalue weighted by Gasteiger charge is 2.34. The molecule has 0 bridgehead atoms. The summed E-state index contributed by atoms with van der Waals surface area (Å²) in [6, 6.07) is 4.43. The van der Waals surface area contributed by atoms with Crippen molar-refractivity contribution < 1.29 is 18.7 Å². The van der Waals surface area contributed by atoms with E-state index in [0.29, 0.717) is 19.7 Å². The molecule has 2 rings (SSSR count). The van der Waals surface area contributed by atoms with Crippen LogP contribution >= 0.6 is 0 Å². The van der Waals surface area contributed by atoms with Crippen LogP contribution in [-0.2, 0) is 4.74 Å². The van der Waals surface area contributed by atoms with Gasteiger partial charge in [-0.05, 0) is 32.9 Å². The van der Waals surface area contributed by atoms with Gasteiger partial charge in [-0.1, -0.05) is 6.07 Å². The Morgan fingerprint density at radius 3 is 2.67 bits per heavy atom. The number of benzene rings is 1. The summed E-state index contributed by atoms with van der Waals surface area (Å²) >= 11 is 0. The zero-order chi connectivity index (χ0) is 15.6. The first-order valence-corrected chi connectivity index (χ1v) is 6.91. The molecule has 1 aliphatic rings. The molecule has 1 aromatic carbocycles. The number of amides is 1. The largest absolute Gasteiger partial charge is 0.488 e. The van der Waals surface area contributed by atoms with E-state index in [4.69, 9.17) is 15.2 Å². The first kappa shape index (κ1) is 15.4. The van der Waals surface area contributed by atoms with E-state index in [0.717, 1.165) is 0 Å². The van der Waals surface area contributed by atoms with E-state index in [1.165, 1.54) is 12.1 Å². The van der Waals surface area contributed by atoms with Crippen LogP contribution < -0.4 is 10.5 Å². The molecule has 0 aliphatic carbocycles. The normalized spacial score (nSPS) is 15.5. The number of carbonyl (C=O) groups excluding carboxylic acids is 1. The minimum Gasteiger partial charge on any atom is -0.488 e. The fourth-order valence-corrected chi connectivity index (χ4v) is 2.03. The second-order valence-corrected chi connectivity index (χ2v) is 6.22. The molecule has 116 valence electrons. The van der Waals surface area contributed by atoms with Crippen molar-refractivity contribution in [2.75, 3.05) is 25.4 Å². The minimum absolute atomic E-state index is 0.0771. The molecule has 2 N–H and O–H groups in total. The molecule has 0 spiro atoms. The molecule has 1 saturated heterocycles. The number of ether oxygens (including phenoxy) is 2. The summed E-state index contributed by atoms with van der Waals surface area (Å²) in [4.78, 5) is 13.4. The lowest BCUT2D eigenvalue weighted by atomic mass is 10.0. The molecule has 1 fully saturated rings. The van der Waals surface area contributed by atoms with Gasteiger partial charge in [-0.3, -0.25) is 0 Å². The molecule has 0 aromatic heterocycles. The van der Waals surface area contributed by atoms with Crippen LogP contribution in [0.25, 0.3) is 0 Å². The smallest absolute Gasteiger partial charge is 0.410 e. The van der Waals surface area contributed by atoms with Gasteiger partial charge in [-0.2, -0.15) is 0 Å². The summed E-state index contributed by atoms with van der Waals surface area (Å²) in [5.74, 6) is -0.233. The zero-order valence-electron chi connectivity index (χ0n) is 12.6. The Morgan fingerprint density at radius 1 is 1.43 bits per heavy atom. The molecular weight excluding hydrogens is 275 g/mol. The summed E-state index contributed by atoms with van der Waals surface area (Å²) < 4.78 is 24.2. The third-order valence-corrected chi connectivity index (χ3v) is 3.07. The number of halogens is 1. The summed E-state index contributed by atoms with van der Waals surface area (Å²) in [6.07, 6.45) is -0.329. The molecule has 21 heavy (non-hydrogen) atoms. The third-order valence-electron chi connectivity index (χ3n) is 3.07. The van der Waals surface area contributed by atoms with E-state index in [2.05, 4.69) is 0 Å². The summed E-state index contributed by atoms with van der Waals surface area (Å²) in [5, 5.41) is 0. The monoisotopic (exact) mass is 296 g/mol. The maximum Gasteiger partial charge on any atom is 0.410 e. The van der Waals surface area contributed by atoms with Crippen LogP contribution in [0.1, 0.15) is 20.8 Å². The van der Waals surface area contributed by atoms with Gasteiger partial charge in [-0.15, -0.1) is 0 Å². The van der Waals surface area contributed by atoms with Gasteiger partial charge in [-0.25, -0.2) is 9.18 Å². The number of nitrogens with two attached hydrogens (primary N) is 1. The quantitative estimate of drug-likeness (QED) is 0.871. The Kier molecular flexibility index (Phi) is 4.25. The molecule has 1 heterocycles. The average molecular weight is 296 g/mol. The summed E-state index contributed by atoms with van der Waals surface area (Å²) in [5.41, 5.74) is 5.44. The maximum atomic E-state index is 13.5. The number of para-hydroxylation sites is 1. The van der Waals surface area contributed by atoms with Crippen molar-refractivity contribution in [1.29, 1.82) is 0 Å². The molecule has 0 atom stereocenters. The number of hydrogen-bond donors (Lipinski definition) is 1. The Morgan fingerprint density at radius 2 is 2.10 bits per heavy atom.